The van der Waals surface area contributed by atoms with Gasteiger partial charge in [-0.05, 0) is 23.8 Å². The van der Waals surface area contributed by atoms with Gasteiger partial charge in [0, 0.05) is 12.2 Å². The monoisotopic (exact) mass is 272 g/mol. The first-order valence-corrected chi connectivity index (χ1v) is 6.51. The second kappa shape index (κ2) is 4.94. The van der Waals surface area contributed by atoms with E-state index >= 15 is 0 Å². The van der Waals surface area contributed by atoms with E-state index in [-0.39, 0.29) is 11.8 Å². The molecule has 19 heavy (non-hydrogen) atoms. The van der Waals surface area contributed by atoms with Crippen LogP contribution >= 0.6 is 11.6 Å². The zero-order chi connectivity index (χ0) is 13.2. The van der Waals surface area contributed by atoms with Crippen molar-refractivity contribution >= 4 is 28.9 Å². The van der Waals surface area contributed by atoms with Gasteiger partial charge in [0.2, 0.25) is 5.91 Å². The highest BCUT2D eigenvalue weighted by Gasteiger charge is 2.28. The van der Waals surface area contributed by atoms with Crippen molar-refractivity contribution in [3.8, 4) is 0 Å². The Balaban J connectivity index is 1.81. The SMILES string of the molecule is O=C(Nc1ccccc1Cl)C1CNc2ccccc21. The molecule has 1 aliphatic heterocycles. The predicted molar refractivity (Wildman–Crippen MR) is 77.8 cm³/mol. The van der Waals surface area contributed by atoms with Crippen molar-refractivity contribution in [2.24, 2.45) is 0 Å². The molecule has 0 aromatic heterocycles. The van der Waals surface area contributed by atoms with Crippen LogP contribution in [-0.4, -0.2) is 12.5 Å². The van der Waals surface area contributed by atoms with E-state index in [1.807, 2.05) is 36.4 Å². The Labute approximate surface area is 116 Å². The van der Waals surface area contributed by atoms with Crippen LogP contribution in [0.25, 0.3) is 0 Å². The zero-order valence-corrected chi connectivity index (χ0v) is 10.9. The summed E-state index contributed by atoms with van der Waals surface area (Å²) in [5.41, 5.74) is 2.72. The summed E-state index contributed by atoms with van der Waals surface area (Å²) in [4.78, 5) is 12.3. The number of fused-ring (bicyclic) bond motifs is 1. The Kier molecular flexibility index (Phi) is 3.13. The number of anilines is 2. The maximum Gasteiger partial charge on any atom is 0.233 e. The van der Waals surface area contributed by atoms with Crippen LogP contribution < -0.4 is 10.6 Å². The third-order valence-electron chi connectivity index (χ3n) is 3.28. The number of carbonyl (C=O) groups excluding carboxylic acids is 1. The first kappa shape index (κ1) is 12.1. The lowest BCUT2D eigenvalue weighted by atomic mass is 10.0. The third-order valence-corrected chi connectivity index (χ3v) is 3.61. The quantitative estimate of drug-likeness (QED) is 0.879. The summed E-state index contributed by atoms with van der Waals surface area (Å²) in [6.45, 7) is 0.621. The van der Waals surface area contributed by atoms with Gasteiger partial charge in [-0.15, -0.1) is 0 Å². The van der Waals surface area contributed by atoms with Crippen molar-refractivity contribution in [2.45, 2.75) is 5.92 Å². The van der Waals surface area contributed by atoms with E-state index in [2.05, 4.69) is 10.6 Å². The minimum absolute atomic E-state index is 0.0365. The van der Waals surface area contributed by atoms with Gasteiger partial charge in [-0.2, -0.15) is 0 Å². The van der Waals surface area contributed by atoms with E-state index < -0.39 is 0 Å². The number of carbonyl (C=O) groups is 1. The van der Waals surface area contributed by atoms with Crippen molar-refractivity contribution in [3.05, 3.63) is 59.1 Å². The fourth-order valence-electron chi connectivity index (χ4n) is 2.30. The summed E-state index contributed by atoms with van der Waals surface area (Å²) in [5.74, 6) is -0.210. The number of hydrogen-bond acceptors (Lipinski definition) is 2. The molecule has 0 fully saturated rings. The molecule has 3 nitrogen and oxygen atoms in total. The van der Waals surface area contributed by atoms with Gasteiger partial charge >= 0.3 is 0 Å². The van der Waals surface area contributed by atoms with Crippen molar-refractivity contribution in [3.63, 3.8) is 0 Å². The molecule has 1 heterocycles. The van der Waals surface area contributed by atoms with E-state index in [1.165, 1.54) is 0 Å². The molecule has 96 valence electrons. The van der Waals surface area contributed by atoms with Gasteiger partial charge in [0.15, 0.2) is 0 Å². The smallest absolute Gasteiger partial charge is 0.233 e. The van der Waals surface area contributed by atoms with Crippen LogP contribution in [0, 0.1) is 0 Å². The van der Waals surface area contributed by atoms with Crippen LogP contribution in [0.2, 0.25) is 5.02 Å². The molecule has 0 aliphatic carbocycles. The Bertz CT molecular complexity index is 627. The second-order valence-corrected chi connectivity index (χ2v) is 4.90. The Morgan fingerprint density at radius 3 is 2.74 bits per heavy atom. The molecular weight excluding hydrogens is 260 g/mol. The molecule has 2 aromatic carbocycles. The van der Waals surface area contributed by atoms with Crippen LogP contribution in [0.5, 0.6) is 0 Å². The standard InChI is InChI=1S/C15H13ClN2O/c16-12-6-2-4-8-14(12)18-15(19)11-9-17-13-7-3-1-5-10(11)13/h1-8,11,17H,9H2,(H,18,19). The van der Waals surface area contributed by atoms with Gasteiger partial charge in [-0.25, -0.2) is 0 Å². The molecule has 4 heteroatoms. The lowest BCUT2D eigenvalue weighted by Crippen LogP contribution is -2.22. The molecule has 2 N–H and O–H groups in total. The summed E-state index contributed by atoms with van der Waals surface area (Å²) in [5, 5.41) is 6.67. The van der Waals surface area contributed by atoms with Gasteiger partial charge in [-0.3, -0.25) is 4.79 Å². The van der Waals surface area contributed by atoms with Crippen LogP contribution in [0.15, 0.2) is 48.5 Å². The van der Waals surface area contributed by atoms with Crippen molar-refractivity contribution < 1.29 is 4.79 Å². The zero-order valence-electron chi connectivity index (χ0n) is 10.2. The van der Waals surface area contributed by atoms with E-state index in [0.29, 0.717) is 17.3 Å². The molecule has 0 radical (unpaired) electrons. The van der Waals surface area contributed by atoms with Crippen LogP contribution in [0.3, 0.4) is 0 Å². The number of rotatable bonds is 2. The predicted octanol–water partition coefficient (Wildman–Crippen LogP) is 3.49. The maximum absolute atomic E-state index is 12.3. The molecule has 0 saturated carbocycles. The van der Waals surface area contributed by atoms with Gasteiger partial charge in [0.1, 0.15) is 0 Å². The topological polar surface area (TPSA) is 41.1 Å². The Hall–Kier alpha value is -2.00. The fourth-order valence-corrected chi connectivity index (χ4v) is 2.48. The summed E-state index contributed by atoms with van der Waals surface area (Å²) >= 11 is 6.04. The molecule has 1 amide bonds. The van der Waals surface area contributed by atoms with Crippen LogP contribution in [-0.2, 0) is 4.79 Å². The molecule has 3 rings (SSSR count). The highest BCUT2D eigenvalue weighted by molar-refractivity contribution is 6.33. The number of hydrogen-bond donors (Lipinski definition) is 2. The van der Waals surface area contributed by atoms with Gasteiger partial charge in [0.25, 0.3) is 0 Å². The van der Waals surface area contributed by atoms with E-state index in [4.69, 9.17) is 11.6 Å². The van der Waals surface area contributed by atoms with Gasteiger partial charge in [0.05, 0.1) is 16.6 Å². The summed E-state index contributed by atoms with van der Waals surface area (Å²) in [6, 6.07) is 15.1. The molecule has 0 saturated heterocycles. The van der Waals surface area contributed by atoms with Crippen LogP contribution in [0.4, 0.5) is 11.4 Å². The number of para-hydroxylation sites is 2. The molecule has 1 aliphatic rings. The lowest BCUT2D eigenvalue weighted by molar-refractivity contribution is -0.117. The van der Waals surface area contributed by atoms with Crippen molar-refractivity contribution in [2.75, 3.05) is 17.2 Å². The van der Waals surface area contributed by atoms with E-state index in [1.54, 1.807) is 12.1 Å². The highest BCUT2D eigenvalue weighted by atomic mass is 35.5. The first-order chi connectivity index (χ1) is 9.25. The van der Waals surface area contributed by atoms with Crippen molar-refractivity contribution in [1.82, 2.24) is 0 Å². The largest absolute Gasteiger partial charge is 0.384 e. The average molecular weight is 273 g/mol. The lowest BCUT2D eigenvalue weighted by Gasteiger charge is -2.12. The number of amides is 1. The normalized spacial score (nSPS) is 16.6. The van der Waals surface area contributed by atoms with Crippen molar-refractivity contribution in [1.29, 1.82) is 0 Å². The number of nitrogens with one attached hydrogen (secondary N) is 2. The second-order valence-electron chi connectivity index (χ2n) is 4.49. The first-order valence-electron chi connectivity index (χ1n) is 6.14. The number of halogens is 1. The molecule has 0 bridgehead atoms. The molecule has 1 unspecified atom stereocenters. The third kappa shape index (κ3) is 2.29. The molecular formula is C15H13ClN2O. The van der Waals surface area contributed by atoms with Gasteiger partial charge in [-0.1, -0.05) is 41.9 Å². The number of benzene rings is 2. The summed E-state index contributed by atoms with van der Waals surface area (Å²) in [7, 11) is 0. The fraction of sp³-hybridized carbons (Fsp3) is 0.133. The summed E-state index contributed by atoms with van der Waals surface area (Å²) < 4.78 is 0. The van der Waals surface area contributed by atoms with Crippen LogP contribution in [0.1, 0.15) is 11.5 Å². The molecule has 2 aromatic rings. The minimum Gasteiger partial charge on any atom is -0.384 e. The minimum atomic E-state index is -0.174. The molecule has 1 atom stereocenters. The molecule has 0 spiro atoms. The highest BCUT2D eigenvalue weighted by Crippen LogP contribution is 2.32. The Morgan fingerprint density at radius 2 is 1.89 bits per heavy atom. The van der Waals surface area contributed by atoms with Gasteiger partial charge < -0.3 is 10.6 Å². The average Bonchev–Trinajstić information content (AvgIpc) is 2.85. The maximum atomic E-state index is 12.3. The van der Waals surface area contributed by atoms with E-state index in [0.717, 1.165) is 11.3 Å². The Morgan fingerprint density at radius 1 is 1.16 bits per heavy atom. The summed E-state index contributed by atoms with van der Waals surface area (Å²) in [6.07, 6.45) is 0. The van der Waals surface area contributed by atoms with E-state index in [9.17, 15) is 4.79 Å².